The van der Waals surface area contributed by atoms with Crippen molar-refractivity contribution in [2.45, 2.75) is 11.9 Å². The number of alkyl halides is 1. The van der Waals surface area contributed by atoms with E-state index in [1.54, 1.807) is 36.4 Å². The van der Waals surface area contributed by atoms with Gasteiger partial charge in [-0.1, -0.05) is 34.1 Å². The summed E-state index contributed by atoms with van der Waals surface area (Å²) in [4.78, 5) is 10.6. The zero-order valence-electron chi connectivity index (χ0n) is 10.5. The summed E-state index contributed by atoms with van der Waals surface area (Å²) in [6, 6.07) is 11.3. The Bertz CT molecular complexity index is 613. The average molecular weight is 338 g/mol. The van der Waals surface area contributed by atoms with E-state index in [1.165, 1.54) is 6.07 Å². The molecule has 0 bridgehead atoms. The molecule has 0 spiro atoms. The van der Waals surface area contributed by atoms with Crippen LogP contribution in [0.2, 0.25) is 0 Å². The molecule has 2 rings (SSSR count). The molecule has 6 heteroatoms. The molecule has 0 fully saturated rings. The van der Waals surface area contributed by atoms with Gasteiger partial charge in [-0.15, -0.1) is 0 Å². The maximum atomic E-state index is 11.0. The van der Waals surface area contributed by atoms with Crippen LogP contribution < -0.4 is 4.74 Å². The Morgan fingerprint density at radius 1 is 1.15 bits per heavy atom. The lowest BCUT2D eigenvalue weighted by molar-refractivity contribution is -0.386. The number of nitro benzene ring substituents is 1. The highest BCUT2D eigenvalue weighted by Crippen LogP contribution is 2.29. The van der Waals surface area contributed by atoms with E-state index < -0.39 is 4.92 Å². The summed E-state index contributed by atoms with van der Waals surface area (Å²) < 4.78 is 5.49. The molecule has 0 aliphatic rings. The average Bonchev–Trinajstić information content (AvgIpc) is 2.46. The van der Waals surface area contributed by atoms with Gasteiger partial charge < -0.3 is 9.84 Å². The van der Waals surface area contributed by atoms with Gasteiger partial charge in [-0.05, 0) is 29.3 Å². The van der Waals surface area contributed by atoms with Crippen LogP contribution in [0.3, 0.4) is 0 Å². The molecule has 0 aromatic heterocycles. The third-order valence-electron chi connectivity index (χ3n) is 2.71. The lowest BCUT2D eigenvalue weighted by Gasteiger charge is -2.08. The molecule has 0 saturated heterocycles. The minimum Gasteiger partial charge on any atom is -0.508 e. The lowest BCUT2D eigenvalue weighted by atomic mass is 10.2. The molecule has 5 nitrogen and oxygen atoms in total. The van der Waals surface area contributed by atoms with E-state index in [9.17, 15) is 15.2 Å². The Kier molecular flexibility index (Phi) is 4.57. The van der Waals surface area contributed by atoms with E-state index in [1.807, 2.05) is 0 Å². The third kappa shape index (κ3) is 3.48. The number of benzene rings is 2. The van der Waals surface area contributed by atoms with Crippen LogP contribution in [0, 0.1) is 10.1 Å². The highest BCUT2D eigenvalue weighted by molar-refractivity contribution is 9.08. The van der Waals surface area contributed by atoms with Gasteiger partial charge in [0.1, 0.15) is 12.4 Å². The van der Waals surface area contributed by atoms with Crippen molar-refractivity contribution < 1.29 is 14.8 Å². The number of nitrogens with zero attached hydrogens (tertiary/aromatic N) is 1. The molecule has 104 valence electrons. The standard InChI is InChI=1S/C14H12BrNO4/c15-8-11-3-6-14(13(7-11)16(18)19)20-9-10-1-4-12(17)5-2-10/h1-7,17H,8-9H2. The number of halogens is 1. The molecule has 0 saturated carbocycles. The van der Waals surface area contributed by atoms with Gasteiger partial charge in [0.2, 0.25) is 0 Å². The maximum absolute atomic E-state index is 11.0. The SMILES string of the molecule is O=[N+]([O-])c1cc(CBr)ccc1OCc1ccc(O)cc1. The number of aromatic hydroxyl groups is 1. The van der Waals surface area contributed by atoms with Crippen molar-refractivity contribution in [2.75, 3.05) is 0 Å². The van der Waals surface area contributed by atoms with Crippen LogP contribution in [-0.2, 0) is 11.9 Å². The Morgan fingerprint density at radius 3 is 2.40 bits per heavy atom. The van der Waals surface area contributed by atoms with E-state index in [4.69, 9.17) is 4.74 Å². The van der Waals surface area contributed by atoms with E-state index in [-0.39, 0.29) is 23.8 Å². The minimum atomic E-state index is -0.460. The van der Waals surface area contributed by atoms with Crippen LogP contribution >= 0.6 is 15.9 Å². The molecular formula is C14H12BrNO4. The Labute approximate surface area is 124 Å². The second-order valence-electron chi connectivity index (χ2n) is 4.15. The molecular weight excluding hydrogens is 326 g/mol. The summed E-state index contributed by atoms with van der Waals surface area (Å²) in [5.41, 5.74) is 1.58. The number of hydrogen-bond donors (Lipinski definition) is 1. The molecule has 0 amide bonds. The first-order valence-corrected chi connectivity index (χ1v) is 6.96. The van der Waals surface area contributed by atoms with Gasteiger partial charge in [-0.3, -0.25) is 10.1 Å². The van der Waals surface area contributed by atoms with Crippen LogP contribution in [0.15, 0.2) is 42.5 Å². The number of hydrogen-bond acceptors (Lipinski definition) is 4. The van der Waals surface area contributed by atoms with E-state index in [2.05, 4.69) is 15.9 Å². The fourth-order valence-electron chi connectivity index (χ4n) is 1.66. The van der Waals surface area contributed by atoms with Gasteiger partial charge in [0.15, 0.2) is 5.75 Å². The van der Waals surface area contributed by atoms with Crippen LogP contribution in [0.5, 0.6) is 11.5 Å². The van der Waals surface area contributed by atoms with Crippen molar-refractivity contribution in [3.8, 4) is 11.5 Å². The van der Waals surface area contributed by atoms with Gasteiger partial charge in [-0.2, -0.15) is 0 Å². The van der Waals surface area contributed by atoms with Gasteiger partial charge in [0, 0.05) is 11.4 Å². The molecule has 0 radical (unpaired) electrons. The van der Waals surface area contributed by atoms with Crippen LogP contribution in [-0.4, -0.2) is 10.0 Å². The normalized spacial score (nSPS) is 10.2. The molecule has 0 unspecified atom stereocenters. The van der Waals surface area contributed by atoms with E-state index in [0.717, 1.165) is 11.1 Å². The smallest absolute Gasteiger partial charge is 0.311 e. The molecule has 2 aromatic carbocycles. The predicted molar refractivity (Wildman–Crippen MR) is 78.2 cm³/mol. The fourth-order valence-corrected chi connectivity index (χ4v) is 2.01. The van der Waals surface area contributed by atoms with Gasteiger partial charge in [-0.25, -0.2) is 0 Å². The molecule has 0 aliphatic carbocycles. The Morgan fingerprint density at radius 2 is 1.80 bits per heavy atom. The quantitative estimate of drug-likeness (QED) is 0.512. The largest absolute Gasteiger partial charge is 0.508 e. The van der Waals surface area contributed by atoms with E-state index >= 15 is 0 Å². The third-order valence-corrected chi connectivity index (χ3v) is 3.35. The van der Waals surface area contributed by atoms with Crippen molar-refractivity contribution in [1.29, 1.82) is 0 Å². The minimum absolute atomic E-state index is 0.0549. The number of nitro groups is 1. The van der Waals surface area contributed by atoms with Gasteiger partial charge in [0.05, 0.1) is 4.92 Å². The molecule has 0 atom stereocenters. The molecule has 2 aromatic rings. The zero-order chi connectivity index (χ0) is 14.5. The second-order valence-corrected chi connectivity index (χ2v) is 4.71. The number of ether oxygens (including phenoxy) is 1. The summed E-state index contributed by atoms with van der Waals surface area (Å²) >= 11 is 3.26. The first-order valence-electron chi connectivity index (χ1n) is 5.84. The van der Waals surface area contributed by atoms with Crippen LogP contribution in [0.1, 0.15) is 11.1 Å². The summed E-state index contributed by atoms with van der Waals surface area (Å²) in [7, 11) is 0. The predicted octanol–water partition coefficient (Wildman–Crippen LogP) is 3.77. The Balaban J connectivity index is 2.16. The van der Waals surface area contributed by atoms with Crippen molar-refractivity contribution in [2.24, 2.45) is 0 Å². The van der Waals surface area contributed by atoms with Crippen molar-refractivity contribution in [3.63, 3.8) is 0 Å². The Hall–Kier alpha value is -2.08. The van der Waals surface area contributed by atoms with Gasteiger partial charge >= 0.3 is 5.69 Å². The fraction of sp³-hybridized carbons (Fsp3) is 0.143. The maximum Gasteiger partial charge on any atom is 0.311 e. The number of rotatable bonds is 5. The summed E-state index contributed by atoms with van der Waals surface area (Å²) in [5.74, 6) is 0.397. The lowest BCUT2D eigenvalue weighted by Crippen LogP contribution is -1.99. The molecule has 20 heavy (non-hydrogen) atoms. The van der Waals surface area contributed by atoms with Crippen molar-refractivity contribution in [3.05, 3.63) is 63.7 Å². The summed E-state index contributed by atoms with van der Waals surface area (Å²) in [5, 5.41) is 20.8. The summed E-state index contributed by atoms with van der Waals surface area (Å²) in [6.07, 6.45) is 0. The number of phenols is 1. The first-order chi connectivity index (χ1) is 9.60. The van der Waals surface area contributed by atoms with Crippen molar-refractivity contribution >= 4 is 21.6 Å². The molecule has 0 heterocycles. The topological polar surface area (TPSA) is 72.6 Å². The summed E-state index contributed by atoms with van der Waals surface area (Å²) in [6.45, 7) is 0.203. The van der Waals surface area contributed by atoms with Crippen molar-refractivity contribution in [1.82, 2.24) is 0 Å². The monoisotopic (exact) mass is 337 g/mol. The van der Waals surface area contributed by atoms with Gasteiger partial charge in [0.25, 0.3) is 0 Å². The number of phenolic OH excluding ortho intramolecular Hbond substituents is 1. The highest BCUT2D eigenvalue weighted by atomic mass is 79.9. The highest BCUT2D eigenvalue weighted by Gasteiger charge is 2.15. The van der Waals surface area contributed by atoms with Crippen LogP contribution in [0.4, 0.5) is 5.69 Å². The molecule has 0 aliphatic heterocycles. The zero-order valence-corrected chi connectivity index (χ0v) is 12.0. The second kappa shape index (κ2) is 6.38. The van der Waals surface area contributed by atoms with Crippen LogP contribution in [0.25, 0.3) is 0 Å². The first kappa shape index (κ1) is 14.3. The molecule has 1 N–H and O–H groups in total. The van der Waals surface area contributed by atoms with E-state index in [0.29, 0.717) is 5.33 Å².